The van der Waals surface area contributed by atoms with Gasteiger partial charge in [0.1, 0.15) is 0 Å². The van der Waals surface area contributed by atoms with E-state index in [1.54, 1.807) is 24.3 Å². The van der Waals surface area contributed by atoms with Gasteiger partial charge in [-0.3, -0.25) is 4.79 Å². The zero-order chi connectivity index (χ0) is 13.9. The first-order valence-corrected chi connectivity index (χ1v) is 6.14. The Morgan fingerprint density at radius 3 is 2.84 bits per heavy atom. The quantitative estimate of drug-likeness (QED) is 0.628. The second-order valence-corrected chi connectivity index (χ2v) is 4.73. The fourth-order valence-electron chi connectivity index (χ4n) is 1.79. The summed E-state index contributed by atoms with van der Waals surface area (Å²) < 4.78 is 11.2. The van der Waals surface area contributed by atoms with Gasteiger partial charge in [0.05, 0.1) is 6.54 Å². The second-order valence-electron chi connectivity index (χ2n) is 4.73. The molecule has 1 amide bonds. The molecule has 0 spiro atoms. The molecule has 0 radical (unpaired) electrons. The van der Waals surface area contributed by atoms with Gasteiger partial charge in [-0.1, -0.05) is 6.08 Å². The van der Waals surface area contributed by atoms with E-state index in [1.807, 2.05) is 13.8 Å². The number of amides is 1. The highest BCUT2D eigenvalue weighted by molar-refractivity contribution is 5.92. The fraction of sp³-hybridized carbons (Fsp3) is 0.357. The fourth-order valence-corrected chi connectivity index (χ4v) is 1.79. The summed E-state index contributed by atoms with van der Waals surface area (Å²) in [6, 6.07) is 5.33. The van der Waals surface area contributed by atoms with Crippen molar-refractivity contribution in [1.82, 2.24) is 5.32 Å². The Hall–Kier alpha value is -2.01. The molecule has 2 N–H and O–H groups in total. The van der Waals surface area contributed by atoms with Gasteiger partial charge in [0.25, 0.3) is 0 Å². The van der Waals surface area contributed by atoms with Crippen LogP contribution in [-0.2, 0) is 4.79 Å². The minimum absolute atomic E-state index is 0.111. The van der Waals surface area contributed by atoms with Crippen LogP contribution >= 0.6 is 0 Å². The van der Waals surface area contributed by atoms with Crippen molar-refractivity contribution in [2.45, 2.75) is 19.6 Å². The zero-order valence-electron chi connectivity index (χ0n) is 11.2. The average Bonchev–Trinajstić information content (AvgIpc) is 2.62. The van der Waals surface area contributed by atoms with Crippen LogP contribution in [0.1, 0.15) is 13.8 Å². The van der Waals surface area contributed by atoms with E-state index in [0.29, 0.717) is 23.7 Å². The van der Waals surface area contributed by atoms with Gasteiger partial charge in [0.15, 0.2) is 11.5 Å². The first kappa shape index (κ1) is 13.4. The molecular weight excluding hydrogens is 244 g/mol. The molecule has 0 saturated carbocycles. The largest absolute Gasteiger partial charge is 0.449 e. The number of carbonyl (C=O) groups excluding carboxylic acids is 1. The third kappa shape index (κ3) is 3.48. The van der Waals surface area contributed by atoms with Crippen LogP contribution in [0, 0.1) is 0 Å². The molecule has 5 nitrogen and oxygen atoms in total. The summed E-state index contributed by atoms with van der Waals surface area (Å²) >= 11 is 0. The van der Waals surface area contributed by atoms with Crippen LogP contribution in [0.3, 0.4) is 0 Å². The number of benzene rings is 1. The molecule has 0 bridgehead atoms. The average molecular weight is 262 g/mol. The number of ether oxygens (including phenoxy) is 2. The number of fused-ring (bicyclic) bond motifs is 1. The van der Waals surface area contributed by atoms with Crippen molar-refractivity contribution < 1.29 is 14.3 Å². The Morgan fingerprint density at radius 2 is 2.11 bits per heavy atom. The number of hydrogen-bond donors (Lipinski definition) is 2. The van der Waals surface area contributed by atoms with Gasteiger partial charge >= 0.3 is 0 Å². The van der Waals surface area contributed by atoms with E-state index in [9.17, 15) is 4.79 Å². The van der Waals surface area contributed by atoms with Crippen molar-refractivity contribution in [2.24, 2.45) is 0 Å². The number of rotatable bonds is 5. The predicted octanol–water partition coefficient (Wildman–Crippen LogP) is 1.91. The first-order valence-electron chi connectivity index (χ1n) is 6.14. The van der Waals surface area contributed by atoms with Gasteiger partial charge in [-0.25, -0.2) is 0 Å². The Kier molecular flexibility index (Phi) is 3.76. The van der Waals surface area contributed by atoms with Crippen molar-refractivity contribution in [1.29, 1.82) is 0 Å². The number of carbonyl (C=O) groups is 1. The van der Waals surface area contributed by atoms with Gasteiger partial charge in [-0.05, 0) is 12.1 Å². The molecule has 1 aliphatic rings. The van der Waals surface area contributed by atoms with E-state index in [-0.39, 0.29) is 12.5 Å². The summed E-state index contributed by atoms with van der Waals surface area (Å²) in [5.74, 6) is 0.561. The molecule has 19 heavy (non-hydrogen) atoms. The Balaban J connectivity index is 1.96. The third-order valence-electron chi connectivity index (χ3n) is 2.51. The maximum absolute atomic E-state index is 11.6. The maximum atomic E-state index is 11.6. The molecule has 1 aliphatic heterocycles. The molecule has 102 valence electrons. The second kappa shape index (κ2) is 5.32. The molecule has 5 heteroatoms. The lowest BCUT2D eigenvalue weighted by Gasteiger charge is -2.16. The van der Waals surface area contributed by atoms with Crippen molar-refractivity contribution in [2.75, 3.05) is 18.4 Å². The van der Waals surface area contributed by atoms with Gasteiger partial charge in [-0.2, -0.15) is 0 Å². The molecule has 0 aromatic heterocycles. The lowest BCUT2D eigenvalue weighted by Crippen LogP contribution is -2.29. The van der Waals surface area contributed by atoms with E-state index in [1.165, 1.54) is 0 Å². The highest BCUT2D eigenvalue weighted by Gasteiger charge is 2.31. The summed E-state index contributed by atoms with van der Waals surface area (Å²) in [7, 11) is 0. The van der Waals surface area contributed by atoms with Gasteiger partial charge in [0, 0.05) is 32.1 Å². The van der Waals surface area contributed by atoms with Crippen molar-refractivity contribution >= 4 is 11.6 Å². The van der Waals surface area contributed by atoms with Crippen LogP contribution in [0.2, 0.25) is 0 Å². The summed E-state index contributed by atoms with van der Waals surface area (Å²) in [6.45, 7) is 8.09. The van der Waals surface area contributed by atoms with Crippen LogP contribution in [0.15, 0.2) is 30.9 Å². The summed E-state index contributed by atoms with van der Waals surface area (Å²) in [4.78, 5) is 11.6. The molecule has 0 atom stereocenters. The Bertz CT molecular complexity index is 497. The van der Waals surface area contributed by atoms with E-state index in [2.05, 4.69) is 17.2 Å². The monoisotopic (exact) mass is 262 g/mol. The van der Waals surface area contributed by atoms with E-state index < -0.39 is 5.79 Å². The molecule has 1 aromatic carbocycles. The molecule has 0 saturated heterocycles. The summed E-state index contributed by atoms with van der Waals surface area (Å²) in [5.41, 5.74) is 0.686. The van der Waals surface area contributed by atoms with Gasteiger partial charge in [-0.15, -0.1) is 6.58 Å². The molecule has 1 heterocycles. The molecule has 1 aromatic rings. The smallest absolute Gasteiger partial charge is 0.246 e. The number of anilines is 1. The zero-order valence-corrected chi connectivity index (χ0v) is 11.2. The van der Waals surface area contributed by atoms with E-state index in [4.69, 9.17) is 9.47 Å². The van der Waals surface area contributed by atoms with Crippen molar-refractivity contribution in [3.8, 4) is 11.5 Å². The summed E-state index contributed by atoms with van der Waals surface area (Å²) in [5, 5.41) is 5.72. The predicted molar refractivity (Wildman–Crippen MR) is 73.5 cm³/mol. The van der Waals surface area contributed by atoms with Crippen LogP contribution in [-0.4, -0.2) is 24.8 Å². The van der Waals surface area contributed by atoms with Crippen LogP contribution in [0.5, 0.6) is 11.5 Å². The number of nitrogens with one attached hydrogen (secondary N) is 2. The highest BCUT2D eigenvalue weighted by Crippen LogP contribution is 2.40. The minimum Gasteiger partial charge on any atom is -0.449 e. The molecule has 0 unspecified atom stereocenters. The molecule has 0 fully saturated rings. The number of hydrogen-bond acceptors (Lipinski definition) is 4. The van der Waals surface area contributed by atoms with E-state index >= 15 is 0 Å². The topological polar surface area (TPSA) is 59.6 Å². The van der Waals surface area contributed by atoms with Gasteiger partial charge in [0.2, 0.25) is 11.7 Å². The van der Waals surface area contributed by atoms with Crippen LogP contribution in [0.25, 0.3) is 0 Å². The normalized spacial score (nSPS) is 15.1. The molecule has 0 aliphatic carbocycles. The standard InChI is InChI=1S/C14H18N2O3/c1-4-7-15-9-13(17)16-10-5-6-11-12(8-10)19-14(2,3)18-11/h4-6,8,15H,1,7,9H2,2-3H3,(H,16,17). The van der Waals surface area contributed by atoms with Crippen molar-refractivity contribution in [3.63, 3.8) is 0 Å². The Morgan fingerprint density at radius 1 is 1.37 bits per heavy atom. The first-order chi connectivity index (χ1) is 9.00. The maximum Gasteiger partial charge on any atom is 0.246 e. The summed E-state index contributed by atoms with van der Waals surface area (Å²) in [6.07, 6.45) is 1.70. The lowest BCUT2D eigenvalue weighted by atomic mass is 10.3. The minimum atomic E-state index is -0.656. The lowest BCUT2D eigenvalue weighted by molar-refractivity contribution is -0.115. The third-order valence-corrected chi connectivity index (χ3v) is 2.51. The Labute approximate surface area is 112 Å². The molecule has 2 rings (SSSR count). The van der Waals surface area contributed by atoms with E-state index in [0.717, 1.165) is 0 Å². The van der Waals surface area contributed by atoms with Gasteiger partial charge < -0.3 is 20.1 Å². The van der Waals surface area contributed by atoms with Crippen molar-refractivity contribution in [3.05, 3.63) is 30.9 Å². The SMILES string of the molecule is C=CCNCC(=O)Nc1ccc2c(c1)OC(C)(C)O2. The molecular formula is C14H18N2O3. The van der Waals surface area contributed by atoms with Crippen LogP contribution in [0.4, 0.5) is 5.69 Å². The highest BCUT2D eigenvalue weighted by atomic mass is 16.7. The van der Waals surface area contributed by atoms with Crippen LogP contribution < -0.4 is 20.1 Å².